The van der Waals surface area contributed by atoms with E-state index in [9.17, 15) is 0 Å². The fraction of sp³-hybridized carbons (Fsp3) is 0.500. The van der Waals surface area contributed by atoms with Gasteiger partial charge in [-0.1, -0.05) is 32.6 Å². The molecule has 1 unspecified atom stereocenters. The Kier molecular flexibility index (Phi) is 5.99. The minimum Gasteiger partial charge on any atom is -0.382 e. The summed E-state index contributed by atoms with van der Waals surface area (Å²) in [4.78, 5) is 4.06. The van der Waals surface area contributed by atoms with Gasteiger partial charge in [-0.05, 0) is 42.6 Å². The molecule has 0 aliphatic rings. The molecule has 2 aromatic rings. The molecule has 0 saturated carbocycles. The molecule has 21 heavy (non-hydrogen) atoms. The number of unbranched alkanes of at least 4 members (excludes halogenated alkanes) is 3. The third kappa shape index (κ3) is 4.43. The summed E-state index contributed by atoms with van der Waals surface area (Å²) < 4.78 is 4.29. The fourth-order valence-electron chi connectivity index (χ4n) is 2.37. The molecule has 2 rings (SSSR count). The van der Waals surface area contributed by atoms with Crippen LogP contribution in [0.3, 0.4) is 0 Å². The molecule has 0 bridgehead atoms. The van der Waals surface area contributed by atoms with Crippen molar-refractivity contribution in [1.29, 1.82) is 0 Å². The maximum absolute atomic E-state index is 6.03. The van der Waals surface area contributed by atoms with E-state index in [-0.39, 0.29) is 0 Å². The second-order valence-electron chi connectivity index (χ2n) is 5.40. The number of nitrogens with one attached hydrogen (secondary N) is 1. The Balaban J connectivity index is 2.01. The summed E-state index contributed by atoms with van der Waals surface area (Å²) in [6, 6.07) is 4.37. The van der Waals surface area contributed by atoms with Crippen molar-refractivity contribution in [3.05, 3.63) is 24.5 Å². The molecule has 3 N–H and O–H groups in total. The lowest BCUT2D eigenvalue weighted by atomic mass is 10.1. The third-order valence-corrected chi connectivity index (χ3v) is 4.35. The van der Waals surface area contributed by atoms with Gasteiger partial charge in [-0.15, -0.1) is 0 Å². The lowest BCUT2D eigenvalue weighted by molar-refractivity contribution is 0.595. The highest BCUT2D eigenvalue weighted by molar-refractivity contribution is 7.11. The van der Waals surface area contributed by atoms with Gasteiger partial charge in [0, 0.05) is 18.4 Å². The van der Waals surface area contributed by atoms with Crippen LogP contribution >= 0.6 is 11.5 Å². The van der Waals surface area contributed by atoms with Crippen LogP contribution in [0, 0.1) is 0 Å². The second kappa shape index (κ2) is 7.98. The summed E-state index contributed by atoms with van der Waals surface area (Å²) in [5.74, 6) is 0.590. The van der Waals surface area contributed by atoms with E-state index in [4.69, 9.17) is 5.73 Å². The predicted molar refractivity (Wildman–Crippen MR) is 91.6 cm³/mol. The monoisotopic (exact) mass is 304 g/mol. The number of rotatable bonds is 8. The van der Waals surface area contributed by atoms with E-state index >= 15 is 0 Å². The first-order valence-electron chi connectivity index (χ1n) is 7.64. The van der Waals surface area contributed by atoms with Crippen LogP contribution in [0.5, 0.6) is 0 Å². The van der Waals surface area contributed by atoms with Crippen molar-refractivity contribution in [1.82, 2.24) is 9.36 Å². The van der Waals surface area contributed by atoms with Crippen molar-refractivity contribution >= 4 is 22.4 Å². The Labute approximate surface area is 131 Å². The average molecular weight is 304 g/mol. The van der Waals surface area contributed by atoms with Gasteiger partial charge in [-0.2, -0.15) is 4.37 Å². The van der Waals surface area contributed by atoms with Crippen LogP contribution in [0.4, 0.5) is 10.8 Å². The average Bonchev–Trinajstić information content (AvgIpc) is 2.85. The minimum absolute atomic E-state index is 0.433. The summed E-state index contributed by atoms with van der Waals surface area (Å²) >= 11 is 1.44. The second-order valence-corrected chi connectivity index (χ2v) is 6.18. The molecule has 0 radical (unpaired) electrons. The largest absolute Gasteiger partial charge is 0.382 e. The Morgan fingerprint density at radius 3 is 2.71 bits per heavy atom. The van der Waals surface area contributed by atoms with Gasteiger partial charge in [-0.25, -0.2) is 0 Å². The highest BCUT2D eigenvalue weighted by Crippen LogP contribution is 2.37. The number of nitrogen functional groups attached to an aromatic ring is 1. The summed E-state index contributed by atoms with van der Waals surface area (Å²) in [5, 5.41) is 4.62. The van der Waals surface area contributed by atoms with Crippen LogP contribution in [-0.4, -0.2) is 15.4 Å². The van der Waals surface area contributed by atoms with Gasteiger partial charge in [0.1, 0.15) is 10.8 Å². The molecule has 0 aromatic carbocycles. The predicted octanol–water partition coefficient (Wildman–Crippen LogP) is 4.56. The molecule has 0 spiro atoms. The zero-order valence-corrected chi connectivity index (χ0v) is 13.6. The van der Waals surface area contributed by atoms with Crippen molar-refractivity contribution in [2.75, 3.05) is 11.1 Å². The third-order valence-electron chi connectivity index (χ3n) is 3.56. The van der Waals surface area contributed by atoms with Crippen molar-refractivity contribution in [2.45, 2.75) is 52.0 Å². The molecule has 0 aliphatic carbocycles. The molecule has 0 saturated heterocycles. The van der Waals surface area contributed by atoms with Crippen LogP contribution in [0.25, 0.3) is 11.1 Å². The van der Waals surface area contributed by atoms with Crippen molar-refractivity contribution in [3.8, 4) is 11.1 Å². The topological polar surface area (TPSA) is 63.8 Å². The number of nitrogens with two attached hydrogens (primary N) is 1. The number of pyridine rings is 1. The Bertz CT molecular complexity index is 538. The Morgan fingerprint density at radius 2 is 2.00 bits per heavy atom. The van der Waals surface area contributed by atoms with Crippen molar-refractivity contribution < 1.29 is 0 Å². The van der Waals surface area contributed by atoms with Crippen molar-refractivity contribution in [2.24, 2.45) is 0 Å². The van der Waals surface area contributed by atoms with Crippen molar-refractivity contribution in [3.63, 3.8) is 0 Å². The van der Waals surface area contributed by atoms with Crippen LogP contribution in [-0.2, 0) is 0 Å². The number of hydrogen-bond donors (Lipinski definition) is 2. The SMILES string of the molecule is CCCCCCC(C)Nc1snc(N)c1-c1ccncc1. The molecule has 1 atom stereocenters. The van der Waals surface area contributed by atoms with Crippen LogP contribution in [0.1, 0.15) is 46.0 Å². The van der Waals surface area contributed by atoms with E-state index in [1.807, 2.05) is 12.1 Å². The van der Waals surface area contributed by atoms with Crippen LogP contribution < -0.4 is 11.1 Å². The Hall–Kier alpha value is -1.62. The molecular formula is C16H24N4S. The number of aromatic nitrogens is 2. The molecule has 0 fully saturated rings. The molecular weight excluding hydrogens is 280 g/mol. The maximum atomic E-state index is 6.03. The van der Waals surface area contributed by atoms with Gasteiger partial charge >= 0.3 is 0 Å². The quantitative estimate of drug-likeness (QED) is 0.702. The fourth-order valence-corrected chi connectivity index (χ4v) is 3.22. The van der Waals surface area contributed by atoms with Crippen LogP contribution in [0.15, 0.2) is 24.5 Å². The van der Waals surface area contributed by atoms with E-state index < -0.39 is 0 Å². The molecule has 2 aromatic heterocycles. The first-order chi connectivity index (χ1) is 10.2. The van der Waals surface area contributed by atoms with E-state index in [0.29, 0.717) is 11.9 Å². The summed E-state index contributed by atoms with van der Waals surface area (Å²) in [5.41, 5.74) is 8.10. The molecule has 4 nitrogen and oxygen atoms in total. The lowest BCUT2D eigenvalue weighted by Gasteiger charge is -2.15. The molecule has 5 heteroatoms. The van der Waals surface area contributed by atoms with E-state index in [2.05, 4.69) is 28.5 Å². The molecule has 114 valence electrons. The minimum atomic E-state index is 0.433. The smallest absolute Gasteiger partial charge is 0.147 e. The van der Waals surface area contributed by atoms with Gasteiger partial charge in [0.05, 0.1) is 5.56 Å². The zero-order chi connectivity index (χ0) is 15.1. The molecule has 2 heterocycles. The lowest BCUT2D eigenvalue weighted by Crippen LogP contribution is -2.14. The summed E-state index contributed by atoms with van der Waals surface area (Å²) in [7, 11) is 0. The summed E-state index contributed by atoms with van der Waals surface area (Å²) in [6.45, 7) is 4.46. The highest BCUT2D eigenvalue weighted by atomic mass is 32.1. The molecule has 0 amide bonds. The first-order valence-corrected chi connectivity index (χ1v) is 8.41. The van der Waals surface area contributed by atoms with Gasteiger partial charge in [0.2, 0.25) is 0 Å². The zero-order valence-electron chi connectivity index (χ0n) is 12.8. The normalized spacial score (nSPS) is 12.3. The van der Waals surface area contributed by atoms with Gasteiger partial charge in [-0.3, -0.25) is 4.98 Å². The number of hydrogen-bond acceptors (Lipinski definition) is 5. The van der Waals surface area contributed by atoms with Gasteiger partial charge in [0.15, 0.2) is 0 Å². The highest BCUT2D eigenvalue weighted by Gasteiger charge is 2.15. The van der Waals surface area contributed by atoms with E-state index in [1.54, 1.807) is 12.4 Å². The van der Waals surface area contributed by atoms with E-state index in [0.717, 1.165) is 16.1 Å². The summed E-state index contributed by atoms with van der Waals surface area (Å²) in [6.07, 6.45) is 9.91. The van der Waals surface area contributed by atoms with Gasteiger partial charge in [0.25, 0.3) is 0 Å². The standard InChI is InChI=1S/C16H24N4S/c1-3-4-5-6-7-12(2)19-16-14(15(17)20-21-16)13-8-10-18-11-9-13/h8-12,19H,3-7H2,1-2H3,(H2,17,20). The number of nitrogens with zero attached hydrogens (tertiary/aromatic N) is 2. The first kappa shape index (κ1) is 15.8. The number of anilines is 2. The molecule has 0 aliphatic heterocycles. The Morgan fingerprint density at radius 1 is 1.24 bits per heavy atom. The van der Waals surface area contributed by atoms with E-state index in [1.165, 1.54) is 43.6 Å². The maximum Gasteiger partial charge on any atom is 0.147 e. The van der Waals surface area contributed by atoms with Gasteiger partial charge < -0.3 is 11.1 Å². The van der Waals surface area contributed by atoms with Crippen LogP contribution in [0.2, 0.25) is 0 Å².